The highest BCUT2D eigenvalue weighted by Gasteiger charge is 2.51. The first kappa shape index (κ1) is 17.9. The van der Waals surface area contributed by atoms with Crippen LogP contribution in [0, 0.1) is 0 Å². The van der Waals surface area contributed by atoms with Gasteiger partial charge in [0, 0.05) is 19.4 Å². The molecule has 2 aromatic carbocycles. The molecule has 25 heavy (non-hydrogen) atoms. The predicted octanol–water partition coefficient (Wildman–Crippen LogP) is 6.17. The van der Waals surface area contributed by atoms with Crippen molar-refractivity contribution in [3.05, 3.63) is 59.3 Å². The number of benzene rings is 2. The van der Waals surface area contributed by atoms with E-state index in [0.717, 1.165) is 0 Å². The van der Waals surface area contributed by atoms with E-state index in [2.05, 4.69) is 109 Å². The highest BCUT2D eigenvalue weighted by molar-refractivity contribution is 5.98. The second-order valence-corrected chi connectivity index (χ2v) is 9.39. The zero-order chi connectivity index (χ0) is 18.6. The SMILES string of the molecule is C/C=C\[N+]1=Cc2cc(C(C)(C)C)c3ccccc3c2C(C)(C)C1(C)C. The lowest BCUT2D eigenvalue weighted by Crippen LogP contribution is -2.53. The predicted molar refractivity (Wildman–Crippen MR) is 110 cm³/mol. The van der Waals surface area contributed by atoms with Crippen molar-refractivity contribution >= 4 is 17.0 Å². The van der Waals surface area contributed by atoms with E-state index in [0.29, 0.717) is 0 Å². The van der Waals surface area contributed by atoms with Crippen LogP contribution < -0.4 is 0 Å². The Bertz CT molecular complexity index is 886. The molecule has 0 N–H and O–H groups in total. The summed E-state index contributed by atoms with van der Waals surface area (Å²) < 4.78 is 2.39. The molecule has 0 aliphatic carbocycles. The monoisotopic (exact) mass is 334 g/mol. The Morgan fingerprint density at radius 2 is 1.56 bits per heavy atom. The van der Waals surface area contributed by atoms with Crippen molar-refractivity contribution < 1.29 is 4.58 Å². The van der Waals surface area contributed by atoms with E-state index in [9.17, 15) is 0 Å². The third-order valence-electron chi connectivity index (χ3n) is 6.27. The largest absolute Gasteiger partial charge is 0.199 e. The van der Waals surface area contributed by atoms with Gasteiger partial charge in [0.05, 0.1) is 5.41 Å². The Morgan fingerprint density at radius 3 is 2.12 bits per heavy atom. The molecule has 0 spiro atoms. The van der Waals surface area contributed by atoms with Gasteiger partial charge in [-0.3, -0.25) is 0 Å². The normalized spacial score (nSPS) is 19.1. The van der Waals surface area contributed by atoms with Gasteiger partial charge in [0.1, 0.15) is 0 Å². The van der Waals surface area contributed by atoms with Crippen molar-refractivity contribution in [2.45, 2.75) is 71.8 Å². The third-order valence-corrected chi connectivity index (χ3v) is 6.27. The number of rotatable bonds is 1. The number of nitrogens with zero attached hydrogens (tertiary/aromatic N) is 1. The lowest BCUT2D eigenvalue weighted by molar-refractivity contribution is -0.551. The van der Waals surface area contributed by atoms with Gasteiger partial charge in [-0.05, 0) is 60.2 Å². The van der Waals surface area contributed by atoms with Crippen LogP contribution >= 0.6 is 0 Å². The van der Waals surface area contributed by atoms with Crippen LogP contribution in [0.5, 0.6) is 0 Å². The maximum Gasteiger partial charge on any atom is 0.176 e. The van der Waals surface area contributed by atoms with Gasteiger partial charge in [-0.1, -0.05) is 45.0 Å². The Hall–Kier alpha value is -1.89. The molecule has 0 aromatic heterocycles. The maximum atomic E-state index is 2.42. The fraction of sp³-hybridized carbons (Fsp3) is 0.458. The number of hydrogen-bond donors (Lipinski definition) is 0. The van der Waals surface area contributed by atoms with Crippen molar-refractivity contribution in [3.8, 4) is 0 Å². The first-order chi connectivity index (χ1) is 11.5. The van der Waals surface area contributed by atoms with Crippen molar-refractivity contribution in [1.29, 1.82) is 0 Å². The molecule has 0 atom stereocenters. The van der Waals surface area contributed by atoms with Crippen LogP contribution in [0.2, 0.25) is 0 Å². The summed E-state index contributed by atoms with van der Waals surface area (Å²) in [7, 11) is 0. The number of allylic oxidation sites excluding steroid dienone is 1. The summed E-state index contributed by atoms with van der Waals surface area (Å²) in [4.78, 5) is 0. The van der Waals surface area contributed by atoms with Gasteiger partial charge < -0.3 is 0 Å². The van der Waals surface area contributed by atoms with Crippen LogP contribution in [0.15, 0.2) is 42.6 Å². The van der Waals surface area contributed by atoms with E-state index in [1.54, 1.807) is 0 Å². The Balaban J connectivity index is 2.50. The molecule has 3 rings (SSSR count). The first-order valence-electron chi connectivity index (χ1n) is 9.34. The molecule has 0 saturated heterocycles. The minimum absolute atomic E-state index is 0.00146. The molecular formula is C24H32N+. The summed E-state index contributed by atoms with van der Waals surface area (Å²) in [6.45, 7) is 18.5. The second-order valence-electron chi connectivity index (χ2n) is 9.39. The van der Waals surface area contributed by atoms with Crippen molar-refractivity contribution in [2.75, 3.05) is 0 Å². The highest BCUT2D eigenvalue weighted by atomic mass is 15.1. The summed E-state index contributed by atoms with van der Waals surface area (Å²) in [6, 6.07) is 11.4. The van der Waals surface area contributed by atoms with E-state index in [-0.39, 0.29) is 16.4 Å². The first-order valence-corrected chi connectivity index (χ1v) is 9.34. The van der Waals surface area contributed by atoms with E-state index in [1.165, 1.54) is 27.5 Å². The van der Waals surface area contributed by atoms with Gasteiger partial charge >= 0.3 is 0 Å². The lowest BCUT2D eigenvalue weighted by atomic mass is 9.64. The van der Waals surface area contributed by atoms with E-state index < -0.39 is 0 Å². The van der Waals surface area contributed by atoms with Gasteiger partial charge in [-0.15, -0.1) is 0 Å². The van der Waals surface area contributed by atoms with Crippen molar-refractivity contribution in [1.82, 2.24) is 0 Å². The molecule has 0 saturated carbocycles. The quantitative estimate of drug-likeness (QED) is 0.548. The highest BCUT2D eigenvalue weighted by Crippen LogP contribution is 2.46. The lowest BCUT2D eigenvalue weighted by Gasteiger charge is -2.42. The average Bonchev–Trinajstić information content (AvgIpc) is 2.51. The molecule has 2 aromatic rings. The van der Waals surface area contributed by atoms with Gasteiger partial charge in [-0.2, -0.15) is 4.58 Å². The molecular weight excluding hydrogens is 302 g/mol. The van der Waals surface area contributed by atoms with E-state index in [1.807, 2.05) is 0 Å². The molecule has 1 heterocycles. The number of hydrogen-bond acceptors (Lipinski definition) is 0. The van der Waals surface area contributed by atoms with Crippen molar-refractivity contribution in [2.24, 2.45) is 0 Å². The summed E-state index contributed by atoms with van der Waals surface area (Å²) in [5.74, 6) is 0. The van der Waals surface area contributed by atoms with E-state index >= 15 is 0 Å². The van der Waals surface area contributed by atoms with Crippen molar-refractivity contribution in [3.63, 3.8) is 0 Å². The van der Waals surface area contributed by atoms with Gasteiger partial charge in [0.2, 0.25) is 0 Å². The zero-order valence-electron chi connectivity index (χ0n) is 17.1. The van der Waals surface area contributed by atoms with Crippen LogP contribution in [0.25, 0.3) is 10.8 Å². The second kappa shape index (κ2) is 5.56. The fourth-order valence-electron chi connectivity index (χ4n) is 4.15. The van der Waals surface area contributed by atoms with E-state index in [4.69, 9.17) is 0 Å². The molecule has 0 bridgehead atoms. The molecule has 1 aliphatic rings. The smallest absolute Gasteiger partial charge is 0.176 e. The molecule has 0 fully saturated rings. The molecule has 0 unspecified atom stereocenters. The average molecular weight is 335 g/mol. The van der Waals surface area contributed by atoms with Crippen LogP contribution in [0.3, 0.4) is 0 Å². The summed E-state index contributed by atoms with van der Waals surface area (Å²) in [5.41, 5.74) is 4.39. The molecule has 0 amide bonds. The summed E-state index contributed by atoms with van der Waals surface area (Å²) in [6.07, 6.45) is 6.67. The zero-order valence-corrected chi connectivity index (χ0v) is 17.1. The Kier molecular flexibility index (Phi) is 3.98. The minimum Gasteiger partial charge on any atom is -0.199 e. The number of fused-ring (bicyclic) bond motifs is 3. The molecule has 0 radical (unpaired) electrons. The molecule has 1 nitrogen and oxygen atoms in total. The van der Waals surface area contributed by atoms with Gasteiger partial charge in [0.15, 0.2) is 18.0 Å². The van der Waals surface area contributed by atoms with Crippen LogP contribution in [0.4, 0.5) is 0 Å². The standard InChI is InChI=1S/C24H32N/c1-9-14-25-16-17-15-20(22(2,3)4)18-12-10-11-13-19(18)21(17)23(5,6)24(25,7)8/h9-16H,1-8H3/q+1/b14-9-. The fourth-order valence-corrected chi connectivity index (χ4v) is 4.15. The molecule has 1 aliphatic heterocycles. The molecule has 132 valence electrons. The summed E-state index contributed by atoms with van der Waals surface area (Å²) >= 11 is 0. The Morgan fingerprint density at radius 1 is 0.960 bits per heavy atom. The van der Waals surface area contributed by atoms with Gasteiger partial charge in [0.25, 0.3) is 0 Å². The van der Waals surface area contributed by atoms with Crippen LogP contribution in [-0.2, 0) is 10.8 Å². The molecule has 1 heteroatoms. The van der Waals surface area contributed by atoms with Crippen LogP contribution in [-0.4, -0.2) is 16.3 Å². The van der Waals surface area contributed by atoms with Crippen LogP contribution in [0.1, 0.15) is 72.1 Å². The topological polar surface area (TPSA) is 3.01 Å². The Labute approximate surface area is 153 Å². The van der Waals surface area contributed by atoms with Gasteiger partial charge in [-0.25, -0.2) is 0 Å². The summed E-state index contributed by atoms with van der Waals surface area (Å²) in [5, 5.41) is 2.80. The maximum absolute atomic E-state index is 2.42. The minimum atomic E-state index is -0.00146. The third kappa shape index (κ3) is 2.56.